The highest BCUT2D eigenvalue weighted by molar-refractivity contribution is 5.94. The number of piperazine rings is 1. The molecule has 1 aliphatic heterocycles. The Kier molecular flexibility index (Phi) is 5.90. The first-order valence-electron chi connectivity index (χ1n) is 8.72. The van der Waals surface area contributed by atoms with E-state index in [4.69, 9.17) is 4.74 Å². The molecule has 5 heteroatoms. The lowest BCUT2D eigenvalue weighted by atomic mass is 10.1. The third kappa shape index (κ3) is 4.73. The lowest BCUT2D eigenvalue weighted by Gasteiger charge is -2.35. The summed E-state index contributed by atoms with van der Waals surface area (Å²) in [6.45, 7) is 3.50. The van der Waals surface area contributed by atoms with E-state index in [0.29, 0.717) is 18.2 Å². The maximum Gasteiger partial charge on any atom is 0.251 e. The quantitative estimate of drug-likeness (QED) is 0.848. The average Bonchev–Trinajstić information content (AvgIpc) is 2.69. The van der Waals surface area contributed by atoms with Gasteiger partial charge in [-0.1, -0.05) is 24.3 Å². The van der Waals surface area contributed by atoms with Crippen LogP contribution in [0.3, 0.4) is 0 Å². The summed E-state index contributed by atoms with van der Waals surface area (Å²) in [6, 6.07) is 17.9. The molecule has 132 valence electrons. The van der Waals surface area contributed by atoms with Crippen molar-refractivity contribution >= 4 is 11.6 Å². The first-order valence-corrected chi connectivity index (χ1v) is 8.72. The van der Waals surface area contributed by atoms with Crippen molar-refractivity contribution in [2.24, 2.45) is 0 Å². The Balaban J connectivity index is 1.49. The summed E-state index contributed by atoms with van der Waals surface area (Å²) in [7, 11) is 1.69. The molecule has 1 aliphatic rings. The zero-order chi connectivity index (χ0) is 17.5. The molecule has 1 saturated heterocycles. The number of carbonyl (C=O) groups is 1. The number of ether oxygens (including phenoxy) is 1. The topological polar surface area (TPSA) is 53.6 Å². The molecular formula is C20H25N3O2. The number of amides is 1. The molecule has 1 amide bonds. The van der Waals surface area contributed by atoms with Crippen LogP contribution in [0, 0.1) is 0 Å². The van der Waals surface area contributed by atoms with E-state index in [1.54, 1.807) is 7.11 Å². The largest absolute Gasteiger partial charge is 0.497 e. The summed E-state index contributed by atoms with van der Waals surface area (Å²) in [4.78, 5) is 14.5. The number of anilines is 1. The average molecular weight is 339 g/mol. The molecule has 2 N–H and O–H groups in total. The van der Waals surface area contributed by atoms with Gasteiger partial charge in [-0.3, -0.25) is 4.79 Å². The van der Waals surface area contributed by atoms with Crippen molar-refractivity contribution in [1.29, 1.82) is 0 Å². The SMILES string of the molecule is COc1cccc(N2CCNC(CCNC(=O)c3ccccc3)C2)c1. The Bertz CT molecular complexity index is 690. The number of hydrogen-bond acceptors (Lipinski definition) is 4. The van der Waals surface area contributed by atoms with E-state index >= 15 is 0 Å². The van der Waals surface area contributed by atoms with Gasteiger partial charge >= 0.3 is 0 Å². The van der Waals surface area contributed by atoms with Crippen molar-refractivity contribution in [2.45, 2.75) is 12.5 Å². The van der Waals surface area contributed by atoms with Gasteiger partial charge in [0.05, 0.1) is 7.11 Å². The van der Waals surface area contributed by atoms with Crippen LogP contribution >= 0.6 is 0 Å². The highest BCUT2D eigenvalue weighted by Gasteiger charge is 2.19. The maximum absolute atomic E-state index is 12.1. The summed E-state index contributed by atoms with van der Waals surface area (Å²) in [5.41, 5.74) is 1.89. The van der Waals surface area contributed by atoms with E-state index in [0.717, 1.165) is 31.8 Å². The maximum atomic E-state index is 12.1. The molecule has 0 aliphatic carbocycles. The second-order valence-electron chi connectivity index (χ2n) is 6.21. The third-order valence-corrected chi connectivity index (χ3v) is 4.49. The van der Waals surface area contributed by atoms with Crippen molar-refractivity contribution in [3.05, 3.63) is 60.2 Å². The number of hydrogen-bond donors (Lipinski definition) is 2. The van der Waals surface area contributed by atoms with E-state index in [9.17, 15) is 4.79 Å². The Morgan fingerprint density at radius 1 is 1.24 bits per heavy atom. The summed E-state index contributed by atoms with van der Waals surface area (Å²) in [6.07, 6.45) is 0.902. The molecule has 0 bridgehead atoms. The van der Waals surface area contributed by atoms with Crippen LogP contribution in [0.15, 0.2) is 54.6 Å². The highest BCUT2D eigenvalue weighted by atomic mass is 16.5. The van der Waals surface area contributed by atoms with Crippen LogP contribution in [0.5, 0.6) is 5.75 Å². The molecule has 1 fully saturated rings. The first-order chi connectivity index (χ1) is 12.3. The number of rotatable bonds is 6. The summed E-state index contributed by atoms with van der Waals surface area (Å²) < 4.78 is 5.32. The van der Waals surface area contributed by atoms with E-state index in [2.05, 4.69) is 27.7 Å². The van der Waals surface area contributed by atoms with E-state index in [-0.39, 0.29) is 5.91 Å². The van der Waals surface area contributed by atoms with Gasteiger partial charge < -0.3 is 20.3 Å². The van der Waals surface area contributed by atoms with Crippen LogP contribution in [0.1, 0.15) is 16.8 Å². The molecular weight excluding hydrogens is 314 g/mol. The molecule has 2 aromatic rings. The van der Waals surface area contributed by atoms with Gasteiger partial charge in [-0.25, -0.2) is 0 Å². The fraction of sp³-hybridized carbons (Fsp3) is 0.350. The van der Waals surface area contributed by atoms with Gasteiger partial charge in [-0.15, -0.1) is 0 Å². The first kappa shape index (κ1) is 17.3. The number of methoxy groups -OCH3 is 1. The van der Waals surface area contributed by atoms with Crippen LogP contribution in [0.25, 0.3) is 0 Å². The second kappa shape index (κ2) is 8.53. The fourth-order valence-corrected chi connectivity index (χ4v) is 3.11. The summed E-state index contributed by atoms with van der Waals surface area (Å²) >= 11 is 0. The molecule has 0 radical (unpaired) electrons. The predicted molar refractivity (Wildman–Crippen MR) is 100 cm³/mol. The molecule has 1 heterocycles. The zero-order valence-corrected chi connectivity index (χ0v) is 14.6. The minimum atomic E-state index is -0.0129. The zero-order valence-electron chi connectivity index (χ0n) is 14.6. The molecule has 5 nitrogen and oxygen atoms in total. The van der Waals surface area contributed by atoms with Gasteiger partial charge in [0.15, 0.2) is 0 Å². The van der Waals surface area contributed by atoms with E-state index in [1.165, 1.54) is 5.69 Å². The van der Waals surface area contributed by atoms with Gasteiger partial charge in [0, 0.05) is 49.5 Å². The monoisotopic (exact) mass is 339 g/mol. The second-order valence-corrected chi connectivity index (χ2v) is 6.21. The van der Waals surface area contributed by atoms with Crippen LogP contribution in [-0.2, 0) is 0 Å². The highest BCUT2D eigenvalue weighted by Crippen LogP contribution is 2.22. The molecule has 0 aromatic heterocycles. The standard InChI is InChI=1S/C20H25N3O2/c1-25-19-9-5-8-18(14-19)23-13-12-21-17(15-23)10-11-22-20(24)16-6-3-2-4-7-16/h2-9,14,17,21H,10-13,15H2,1H3,(H,22,24). The number of carbonyl (C=O) groups excluding carboxylic acids is 1. The fourth-order valence-electron chi connectivity index (χ4n) is 3.11. The minimum absolute atomic E-state index is 0.0129. The van der Waals surface area contributed by atoms with Crippen molar-refractivity contribution in [1.82, 2.24) is 10.6 Å². The number of benzene rings is 2. The van der Waals surface area contributed by atoms with Gasteiger partial charge in [0.1, 0.15) is 5.75 Å². The summed E-state index contributed by atoms with van der Waals surface area (Å²) in [5, 5.41) is 6.54. The van der Waals surface area contributed by atoms with Gasteiger partial charge in [0.25, 0.3) is 5.91 Å². The smallest absolute Gasteiger partial charge is 0.251 e. The predicted octanol–water partition coefficient (Wildman–Crippen LogP) is 2.29. The van der Waals surface area contributed by atoms with Gasteiger partial charge in [-0.05, 0) is 30.7 Å². The van der Waals surface area contributed by atoms with Crippen molar-refractivity contribution in [3.8, 4) is 5.75 Å². The summed E-state index contributed by atoms with van der Waals surface area (Å²) in [5.74, 6) is 0.865. The normalized spacial score (nSPS) is 17.2. The molecule has 2 aromatic carbocycles. The molecule has 0 saturated carbocycles. The Morgan fingerprint density at radius 2 is 2.08 bits per heavy atom. The Morgan fingerprint density at radius 3 is 2.88 bits per heavy atom. The van der Waals surface area contributed by atoms with Crippen LogP contribution in [-0.4, -0.2) is 45.2 Å². The molecule has 1 unspecified atom stereocenters. The third-order valence-electron chi connectivity index (χ3n) is 4.49. The van der Waals surface area contributed by atoms with Crippen LogP contribution in [0.2, 0.25) is 0 Å². The lowest BCUT2D eigenvalue weighted by Crippen LogP contribution is -2.51. The number of nitrogens with one attached hydrogen (secondary N) is 2. The van der Waals surface area contributed by atoms with Crippen molar-refractivity contribution in [3.63, 3.8) is 0 Å². The Hall–Kier alpha value is -2.53. The molecule has 1 atom stereocenters. The minimum Gasteiger partial charge on any atom is -0.497 e. The molecule has 0 spiro atoms. The van der Waals surface area contributed by atoms with Gasteiger partial charge in [-0.2, -0.15) is 0 Å². The van der Waals surface area contributed by atoms with Crippen molar-refractivity contribution < 1.29 is 9.53 Å². The van der Waals surface area contributed by atoms with E-state index < -0.39 is 0 Å². The molecule has 3 rings (SSSR count). The number of nitrogens with zero attached hydrogens (tertiary/aromatic N) is 1. The van der Waals surface area contributed by atoms with Crippen LogP contribution in [0.4, 0.5) is 5.69 Å². The van der Waals surface area contributed by atoms with Crippen molar-refractivity contribution in [2.75, 3.05) is 38.2 Å². The van der Waals surface area contributed by atoms with Gasteiger partial charge in [0.2, 0.25) is 0 Å². The van der Waals surface area contributed by atoms with E-state index in [1.807, 2.05) is 42.5 Å². The Labute approximate surface area is 149 Å². The molecule has 25 heavy (non-hydrogen) atoms. The lowest BCUT2D eigenvalue weighted by molar-refractivity contribution is 0.0952. The van der Waals surface area contributed by atoms with Crippen LogP contribution < -0.4 is 20.3 Å².